The third-order valence-electron chi connectivity index (χ3n) is 15.0. The van der Waals surface area contributed by atoms with E-state index in [1.165, 1.54) is 161 Å². The van der Waals surface area contributed by atoms with Gasteiger partial charge in [-0.25, -0.2) is 0 Å². The van der Waals surface area contributed by atoms with E-state index in [9.17, 15) is 19.0 Å². The summed E-state index contributed by atoms with van der Waals surface area (Å²) >= 11 is 0. The van der Waals surface area contributed by atoms with E-state index in [0.717, 1.165) is 103 Å². The summed E-state index contributed by atoms with van der Waals surface area (Å²) in [5.41, 5.74) is 0. The fourth-order valence-electron chi connectivity index (χ4n) is 9.70. The van der Waals surface area contributed by atoms with Gasteiger partial charge in [-0.1, -0.05) is 279 Å². The van der Waals surface area contributed by atoms with Crippen LogP contribution in [0.1, 0.15) is 303 Å². The SMILES string of the molecule is CC/C=C\C/C=C\C/C=C\C/C=C\C/C=C\C/C=C\CCCCCCC(=O)OC(/C=C/CCCCCCCCCCCCC)C(COP(=O)([O-])OCC[N+](C)(C)C)NC(=O)CCCCCCCCCCCCC/C=C/CCCCCCCC. The first-order valence-corrected chi connectivity index (χ1v) is 36.0. The number of carbonyl (C=O) groups excluding carboxylic acids is 2. The normalized spacial score (nSPS) is 14.2. The summed E-state index contributed by atoms with van der Waals surface area (Å²) in [5, 5.41) is 3.03. The van der Waals surface area contributed by atoms with Crippen LogP contribution in [0.2, 0.25) is 0 Å². The Bertz CT molecular complexity index is 1740. The first-order valence-electron chi connectivity index (χ1n) is 34.5. The molecule has 0 aliphatic carbocycles. The Kier molecular flexibility index (Phi) is 59.7. The number of quaternary nitrogens is 1. The average Bonchev–Trinajstić information content (AvgIpc) is 3.47. The van der Waals surface area contributed by atoms with Gasteiger partial charge in [0.1, 0.15) is 19.3 Å². The highest BCUT2D eigenvalue weighted by atomic mass is 31.2. The fourth-order valence-corrected chi connectivity index (χ4v) is 10.4. The number of phosphoric ester groups is 1. The molecule has 0 aromatic rings. The van der Waals surface area contributed by atoms with Crippen molar-refractivity contribution in [2.45, 2.75) is 315 Å². The van der Waals surface area contributed by atoms with Crippen LogP contribution in [0, 0.1) is 0 Å². The Hall–Kier alpha value is -3.07. The van der Waals surface area contributed by atoms with Crippen LogP contribution < -0.4 is 10.2 Å². The molecular formula is C73H131N2O7P. The molecule has 10 heteroatoms. The predicted octanol–water partition coefficient (Wildman–Crippen LogP) is 21.3. The van der Waals surface area contributed by atoms with E-state index < -0.39 is 26.6 Å². The highest BCUT2D eigenvalue weighted by Gasteiger charge is 2.27. The Balaban J connectivity index is 5.22. The van der Waals surface area contributed by atoms with E-state index in [1.807, 2.05) is 33.3 Å². The smallest absolute Gasteiger partial charge is 0.306 e. The second-order valence-corrected chi connectivity index (χ2v) is 25.7. The topological polar surface area (TPSA) is 114 Å². The molecule has 0 saturated heterocycles. The predicted molar refractivity (Wildman–Crippen MR) is 358 cm³/mol. The van der Waals surface area contributed by atoms with Crippen LogP contribution in [0.25, 0.3) is 0 Å². The molecule has 0 saturated carbocycles. The van der Waals surface area contributed by atoms with E-state index in [1.54, 1.807) is 0 Å². The fraction of sp³-hybridized carbons (Fsp3) is 0.753. The van der Waals surface area contributed by atoms with Gasteiger partial charge in [-0.3, -0.25) is 14.2 Å². The number of esters is 1. The molecule has 0 aromatic heterocycles. The summed E-state index contributed by atoms with van der Waals surface area (Å²) in [4.78, 5) is 40.2. The monoisotopic (exact) mass is 1180 g/mol. The number of allylic oxidation sites excluding steroid dienone is 15. The number of amides is 1. The van der Waals surface area contributed by atoms with Crippen molar-refractivity contribution in [1.29, 1.82) is 0 Å². The molecule has 0 aliphatic rings. The van der Waals surface area contributed by atoms with E-state index in [-0.39, 0.29) is 24.9 Å². The molecule has 0 spiro atoms. The van der Waals surface area contributed by atoms with Crippen molar-refractivity contribution in [3.05, 3.63) is 97.2 Å². The molecule has 0 rings (SSSR count). The lowest BCUT2D eigenvalue weighted by Crippen LogP contribution is -2.47. The zero-order valence-electron chi connectivity index (χ0n) is 54.9. The molecule has 480 valence electrons. The number of likely N-dealkylation sites (N-methyl/N-ethyl adjacent to an activating group) is 1. The van der Waals surface area contributed by atoms with E-state index in [2.05, 4.69) is 111 Å². The molecule has 0 aliphatic heterocycles. The Morgan fingerprint density at radius 1 is 0.434 bits per heavy atom. The summed E-state index contributed by atoms with van der Waals surface area (Å²) in [7, 11) is 1.16. The van der Waals surface area contributed by atoms with E-state index in [0.29, 0.717) is 23.9 Å². The van der Waals surface area contributed by atoms with Gasteiger partial charge in [0, 0.05) is 12.8 Å². The van der Waals surface area contributed by atoms with Crippen molar-refractivity contribution < 1.29 is 37.3 Å². The first kappa shape index (κ1) is 79.9. The van der Waals surface area contributed by atoms with Crippen molar-refractivity contribution in [2.75, 3.05) is 40.9 Å². The lowest BCUT2D eigenvalue weighted by Gasteiger charge is -2.30. The van der Waals surface area contributed by atoms with Crippen molar-refractivity contribution in [3.8, 4) is 0 Å². The largest absolute Gasteiger partial charge is 0.756 e. The lowest BCUT2D eigenvalue weighted by molar-refractivity contribution is -0.870. The summed E-state index contributed by atoms with van der Waals surface area (Å²) in [6, 6.07) is -0.905. The van der Waals surface area contributed by atoms with Crippen LogP contribution in [-0.2, 0) is 27.9 Å². The second-order valence-electron chi connectivity index (χ2n) is 24.3. The minimum Gasteiger partial charge on any atom is -0.756 e. The molecule has 0 bridgehead atoms. The van der Waals surface area contributed by atoms with Gasteiger partial charge >= 0.3 is 5.97 Å². The number of hydrogen-bond acceptors (Lipinski definition) is 7. The van der Waals surface area contributed by atoms with Crippen LogP contribution in [0.3, 0.4) is 0 Å². The van der Waals surface area contributed by atoms with Gasteiger partial charge in [-0.05, 0) is 109 Å². The third-order valence-corrected chi connectivity index (χ3v) is 16.0. The standard InChI is InChI=1S/C73H131N2O7P/c1-7-10-13-16-19-22-25-28-30-32-34-36-37-39-41-43-45-48-51-54-57-60-63-66-73(77)82-71(64-61-58-55-52-49-46-27-24-21-18-15-12-9-3)70(69-81-83(78,79)80-68-67-75(4,5)6)74-72(76)65-62-59-56-53-50-47-44-42-40-38-35-33-31-29-26-23-20-17-14-11-8-2/h10,13,19,22,28-31,34,36,39,41,45,48,61,64,70-71H,7-9,11-12,14-18,20-21,23-27,32-33,35,37-38,40,42-44,46-47,49-60,62-63,65-69H2,1-6H3,(H-,74,76,78,79)/b13-10-,22-19-,30-28-,31-29+,36-34-,41-39-,48-45-,64-61+. The second kappa shape index (κ2) is 62.0. The van der Waals surface area contributed by atoms with Gasteiger partial charge in [-0.2, -0.15) is 0 Å². The molecule has 3 atom stereocenters. The van der Waals surface area contributed by atoms with E-state index in [4.69, 9.17) is 13.8 Å². The van der Waals surface area contributed by atoms with Crippen LogP contribution in [0.5, 0.6) is 0 Å². The Morgan fingerprint density at radius 3 is 1.17 bits per heavy atom. The maximum Gasteiger partial charge on any atom is 0.306 e. The van der Waals surface area contributed by atoms with Gasteiger partial charge < -0.3 is 28.5 Å². The first-order chi connectivity index (χ1) is 40.4. The molecular weight excluding hydrogens is 1050 g/mol. The average molecular weight is 1180 g/mol. The molecule has 3 unspecified atom stereocenters. The van der Waals surface area contributed by atoms with Crippen molar-refractivity contribution in [3.63, 3.8) is 0 Å². The Labute approximate surface area is 513 Å². The van der Waals surface area contributed by atoms with Gasteiger partial charge in [0.15, 0.2) is 0 Å². The highest BCUT2D eigenvalue weighted by molar-refractivity contribution is 7.45. The molecule has 0 fully saturated rings. The zero-order valence-corrected chi connectivity index (χ0v) is 55.8. The van der Waals surface area contributed by atoms with Gasteiger partial charge in [0.25, 0.3) is 7.82 Å². The van der Waals surface area contributed by atoms with Gasteiger partial charge in [-0.15, -0.1) is 0 Å². The van der Waals surface area contributed by atoms with Crippen molar-refractivity contribution >= 4 is 19.7 Å². The lowest BCUT2D eigenvalue weighted by atomic mass is 10.0. The molecule has 0 aromatic carbocycles. The third kappa shape index (κ3) is 63.3. The van der Waals surface area contributed by atoms with E-state index >= 15 is 0 Å². The van der Waals surface area contributed by atoms with Crippen LogP contribution in [0.4, 0.5) is 0 Å². The summed E-state index contributed by atoms with van der Waals surface area (Å²) in [6.45, 7) is 6.73. The number of phosphoric acid groups is 1. The quantitative estimate of drug-likeness (QED) is 0.0212. The summed E-state index contributed by atoms with van der Waals surface area (Å²) in [5.74, 6) is -0.567. The van der Waals surface area contributed by atoms with Gasteiger partial charge in [0.2, 0.25) is 5.91 Å². The number of hydrogen-bond donors (Lipinski definition) is 1. The summed E-state index contributed by atoms with van der Waals surface area (Å²) in [6.07, 6.45) is 83.8. The number of ether oxygens (including phenoxy) is 1. The maximum atomic E-state index is 13.6. The minimum atomic E-state index is -4.72. The number of unbranched alkanes of at least 4 members (excludes halogenated alkanes) is 32. The van der Waals surface area contributed by atoms with Crippen LogP contribution >= 0.6 is 7.82 Å². The van der Waals surface area contributed by atoms with Crippen LogP contribution in [-0.4, -0.2) is 69.4 Å². The Morgan fingerprint density at radius 2 is 0.771 bits per heavy atom. The molecule has 1 N–H and O–H groups in total. The zero-order chi connectivity index (χ0) is 60.7. The molecule has 83 heavy (non-hydrogen) atoms. The molecule has 0 heterocycles. The number of nitrogens with zero attached hydrogens (tertiary/aromatic N) is 1. The molecule has 9 nitrogen and oxygen atoms in total. The van der Waals surface area contributed by atoms with Crippen molar-refractivity contribution in [1.82, 2.24) is 5.32 Å². The number of carbonyl (C=O) groups is 2. The highest BCUT2D eigenvalue weighted by Crippen LogP contribution is 2.38. The van der Waals surface area contributed by atoms with Crippen LogP contribution in [0.15, 0.2) is 97.2 Å². The number of nitrogens with one attached hydrogen (secondary N) is 1. The number of rotatable bonds is 62. The molecule has 1 amide bonds. The summed E-state index contributed by atoms with van der Waals surface area (Å²) < 4.78 is 30.4. The minimum absolute atomic E-state index is 0.0303. The maximum absolute atomic E-state index is 13.6. The van der Waals surface area contributed by atoms with Gasteiger partial charge in [0.05, 0.1) is 33.8 Å². The molecule has 0 radical (unpaired) electrons. The van der Waals surface area contributed by atoms with Crippen molar-refractivity contribution in [2.24, 2.45) is 0 Å².